The van der Waals surface area contributed by atoms with Gasteiger partial charge in [0.1, 0.15) is 16.1 Å². The van der Waals surface area contributed by atoms with E-state index in [1.54, 1.807) is 0 Å². The predicted molar refractivity (Wildman–Crippen MR) is 73.7 cm³/mol. The minimum atomic E-state index is -0.526. The molecule has 7 heteroatoms. The number of H-pyrrole nitrogens is 1. The first-order chi connectivity index (χ1) is 9.02. The molecule has 0 unspecified atom stereocenters. The Kier molecular flexibility index (Phi) is 4.34. The molecule has 0 amide bonds. The van der Waals surface area contributed by atoms with E-state index in [1.807, 2.05) is 0 Å². The maximum Gasteiger partial charge on any atom is 0.265 e. The molecule has 4 nitrogen and oxygen atoms in total. The second kappa shape index (κ2) is 5.81. The Labute approximate surface area is 121 Å². The fourth-order valence-corrected chi connectivity index (χ4v) is 2.00. The summed E-state index contributed by atoms with van der Waals surface area (Å²) in [6, 6.07) is 4.11. The van der Waals surface area contributed by atoms with Gasteiger partial charge < -0.3 is 9.72 Å². The van der Waals surface area contributed by atoms with Crippen LogP contribution in [-0.2, 0) is 11.3 Å². The maximum absolute atomic E-state index is 13.1. The molecule has 1 aromatic carbocycles. The van der Waals surface area contributed by atoms with Crippen molar-refractivity contribution < 1.29 is 9.13 Å². The van der Waals surface area contributed by atoms with Gasteiger partial charge in [0.15, 0.2) is 0 Å². The van der Waals surface area contributed by atoms with E-state index in [4.69, 9.17) is 16.3 Å². The number of nitrogens with zero attached hydrogens (tertiary/aromatic N) is 1. The van der Waals surface area contributed by atoms with Crippen LogP contribution >= 0.6 is 27.5 Å². The number of methoxy groups -OCH3 is 1. The number of benzene rings is 1. The van der Waals surface area contributed by atoms with E-state index < -0.39 is 5.82 Å². The molecule has 0 fully saturated rings. The highest BCUT2D eigenvalue weighted by Crippen LogP contribution is 2.23. The van der Waals surface area contributed by atoms with Gasteiger partial charge >= 0.3 is 0 Å². The molecule has 2 rings (SSSR count). The van der Waals surface area contributed by atoms with Crippen LogP contribution < -0.4 is 5.56 Å². The number of halogens is 3. The van der Waals surface area contributed by atoms with Gasteiger partial charge in [-0.15, -0.1) is 0 Å². The Morgan fingerprint density at radius 2 is 2.26 bits per heavy atom. The molecule has 2 aromatic rings. The Balaban J connectivity index is 2.56. The molecule has 1 N–H and O–H groups in total. The summed E-state index contributed by atoms with van der Waals surface area (Å²) >= 11 is 8.85. The van der Waals surface area contributed by atoms with Gasteiger partial charge in [0, 0.05) is 12.7 Å². The third kappa shape index (κ3) is 3.02. The Morgan fingerprint density at radius 1 is 1.53 bits per heavy atom. The zero-order valence-electron chi connectivity index (χ0n) is 9.84. The lowest BCUT2D eigenvalue weighted by atomic mass is 10.2. The lowest BCUT2D eigenvalue weighted by Gasteiger charge is -2.06. The summed E-state index contributed by atoms with van der Waals surface area (Å²) in [4.78, 5) is 18.6. The molecule has 0 aliphatic heterocycles. The first kappa shape index (κ1) is 14.2. The number of rotatable bonds is 3. The predicted octanol–water partition coefficient (Wildman–Crippen LogP) is 3.14. The van der Waals surface area contributed by atoms with Crippen molar-refractivity contribution in [1.29, 1.82) is 0 Å². The quantitative estimate of drug-likeness (QED) is 0.928. The largest absolute Gasteiger partial charge is 0.378 e. The molecule has 1 aromatic heterocycles. The van der Waals surface area contributed by atoms with Crippen LogP contribution in [0.25, 0.3) is 11.4 Å². The first-order valence-corrected chi connectivity index (χ1v) is 6.43. The van der Waals surface area contributed by atoms with Crippen molar-refractivity contribution in [1.82, 2.24) is 9.97 Å². The molecule has 1 heterocycles. The van der Waals surface area contributed by atoms with Crippen LogP contribution in [0.4, 0.5) is 4.39 Å². The van der Waals surface area contributed by atoms with Crippen molar-refractivity contribution in [2.75, 3.05) is 7.11 Å². The molecule has 0 spiro atoms. The van der Waals surface area contributed by atoms with Crippen LogP contribution in [0.5, 0.6) is 0 Å². The van der Waals surface area contributed by atoms with Gasteiger partial charge in [-0.2, -0.15) is 0 Å². The molecule has 0 bridgehead atoms. The van der Waals surface area contributed by atoms with Crippen LogP contribution in [0.3, 0.4) is 0 Å². The first-order valence-electron chi connectivity index (χ1n) is 5.26. The number of hydrogen-bond acceptors (Lipinski definition) is 3. The van der Waals surface area contributed by atoms with Crippen molar-refractivity contribution >= 4 is 27.5 Å². The topological polar surface area (TPSA) is 55.0 Å². The van der Waals surface area contributed by atoms with Crippen LogP contribution in [0.1, 0.15) is 5.69 Å². The Bertz CT molecular complexity index is 675. The average Bonchev–Trinajstić information content (AvgIpc) is 2.38. The monoisotopic (exact) mass is 346 g/mol. The number of ether oxygens (including phenoxy) is 1. The van der Waals surface area contributed by atoms with Gasteiger partial charge in [-0.3, -0.25) is 4.79 Å². The zero-order valence-corrected chi connectivity index (χ0v) is 12.2. The smallest absolute Gasteiger partial charge is 0.265 e. The van der Waals surface area contributed by atoms with Crippen LogP contribution in [0, 0.1) is 5.82 Å². The Morgan fingerprint density at radius 3 is 2.89 bits per heavy atom. The van der Waals surface area contributed by atoms with E-state index in [0.717, 1.165) is 0 Å². The molecule has 0 radical (unpaired) electrons. The van der Waals surface area contributed by atoms with Crippen molar-refractivity contribution in [2.45, 2.75) is 6.61 Å². The summed E-state index contributed by atoms with van der Waals surface area (Å²) in [5.74, 6) is -0.218. The molecule has 19 heavy (non-hydrogen) atoms. The summed E-state index contributed by atoms with van der Waals surface area (Å²) in [5.41, 5.74) is 0.646. The minimum Gasteiger partial charge on any atom is -0.378 e. The van der Waals surface area contributed by atoms with Crippen LogP contribution in [0.2, 0.25) is 5.02 Å². The van der Waals surface area contributed by atoms with Gasteiger partial charge in [-0.1, -0.05) is 11.6 Å². The molecule has 0 aliphatic rings. The highest BCUT2D eigenvalue weighted by Gasteiger charge is 2.11. The second-order valence-electron chi connectivity index (χ2n) is 3.74. The summed E-state index contributed by atoms with van der Waals surface area (Å²) in [7, 11) is 1.50. The van der Waals surface area contributed by atoms with E-state index in [2.05, 4.69) is 25.9 Å². The summed E-state index contributed by atoms with van der Waals surface area (Å²) in [6.07, 6.45) is 0. The molecule has 0 atom stereocenters. The van der Waals surface area contributed by atoms with Gasteiger partial charge in [-0.25, -0.2) is 9.37 Å². The summed E-state index contributed by atoms with van der Waals surface area (Å²) in [6.45, 7) is 0.187. The highest BCUT2D eigenvalue weighted by molar-refractivity contribution is 9.10. The number of nitrogens with one attached hydrogen (secondary N) is 1. The van der Waals surface area contributed by atoms with E-state index in [0.29, 0.717) is 21.6 Å². The lowest BCUT2D eigenvalue weighted by Crippen LogP contribution is -2.14. The third-order valence-corrected chi connectivity index (χ3v) is 3.51. The zero-order chi connectivity index (χ0) is 14.0. The second-order valence-corrected chi connectivity index (χ2v) is 4.94. The Hall–Kier alpha value is -1.24. The van der Waals surface area contributed by atoms with E-state index in [-0.39, 0.29) is 17.2 Å². The third-order valence-electron chi connectivity index (χ3n) is 2.41. The van der Waals surface area contributed by atoms with Crippen molar-refractivity contribution in [3.63, 3.8) is 0 Å². The number of hydrogen-bond donors (Lipinski definition) is 1. The maximum atomic E-state index is 13.1. The van der Waals surface area contributed by atoms with E-state index in [9.17, 15) is 9.18 Å². The number of aromatic amines is 1. The van der Waals surface area contributed by atoms with Crippen LogP contribution in [-0.4, -0.2) is 17.1 Å². The SMILES string of the molecule is COCc1nc(-c2ccc(F)c(Cl)c2)[nH]c(=O)c1Br. The fourth-order valence-electron chi connectivity index (χ4n) is 1.52. The van der Waals surface area contributed by atoms with E-state index >= 15 is 0 Å². The average molecular weight is 348 g/mol. The number of aromatic nitrogens is 2. The van der Waals surface area contributed by atoms with Gasteiger partial charge in [0.2, 0.25) is 0 Å². The molecule has 100 valence electrons. The minimum absolute atomic E-state index is 0.0311. The van der Waals surface area contributed by atoms with Crippen LogP contribution in [0.15, 0.2) is 27.5 Å². The normalized spacial score (nSPS) is 10.7. The van der Waals surface area contributed by atoms with Gasteiger partial charge in [0.25, 0.3) is 5.56 Å². The van der Waals surface area contributed by atoms with Crippen molar-refractivity contribution in [3.8, 4) is 11.4 Å². The fraction of sp³-hybridized carbons (Fsp3) is 0.167. The molecular formula is C12H9BrClFN2O2. The molecular weight excluding hydrogens is 338 g/mol. The van der Waals surface area contributed by atoms with Crippen molar-refractivity contribution in [3.05, 3.63) is 49.6 Å². The van der Waals surface area contributed by atoms with Crippen molar-refractivity contribution in [2.24, 2.45) is 0 Å². The molecule has 0 aliphatic carbocycles. The van der Waals surface area contributed by atoms with Gasteiger partial charge in [0.05, 0.1) is 17.3 Å². The molecule has 0 saturated heterocycles. The highest BCUT2D eigenvalue weighted by atomic mass is 79.9. The van der Waals surface area contributed by atoms with Gasteiger partial charge in [-0.05, 0) is 34.1 Å². The summed E-state index contributed by atoms with van der Waals surface area (Å²) in [5, 5.41) is -0.0311. The lowest BCUT2D eigenvalue weighted by molar-refractivity contribution is 0.180. The summed E-state index contributed by atoms with van der Waals surface area (Å²) < 4.78 is 18.4. The standard InChI is InChI=1S/C12H9BrClFN2O2/c1-19-5-9-10(13)12(18)17-11(16-9)6-2-3-8(15)7(14)4-6/h2-4H,5H2,1H3,(H,16,17,18). The molecule has 0 saturated carbocycles. The van der Waals surface area contributed by atoms with E-state index in [1.165, 1.54) is 25.3 Å².